The number of amides is 1. The lowest BCUT2D eigenvalue weighted by atomic mass is 9.85. The quantitative estimate of drug-likeness (QED) is 0.570. The molecule has 1 aliphatic heterocycles. The third-order valence-electron chi connectivity index (χ3n) is 4.67. The van der Waals surface area contributed by atoms with Crippen LogP contribution in [-0.4, -0.2) is 37.1 Å². The second kappa shape index (κ2) is 6.57. The van der Waals surface area contributed by atoms with Crippen molar-refractivity contribution < 1.29 is 14.3 Å². The van der Waals surface area contributed by atoms with Gasteiger partial charge >= 0.3 is 5.97 Å². The number of ether oxygens (including phenoxy) is 1. The first kappa shape index (κ1) is 15.3. The SMILES string of the molecule is CCCCCC(=O)NC1CC2(CCN2)CC1C(=O)OC. The molecule has 3 unspecified atom stereocenters. The second-order valence-corrected chi connectivity index (χ2v) is 6.13. The first-order chi connectivity index (χ1) is 9.60. The molecule has 5 heteroatoms. The van der Waals surface area contributed by atoms with Crippen molar-refractivity contribution in [1.82, 2.24) is 10.6 Å². The van der Waals surface area contributed by atoms with Crippen molar-refractivity contribution >= 4 is 11.9 Å². The van der Waals surface area contributed by atoms with Crippen LogP contribution in [0, 0.1) is 5.92 Å². The predicted molar refractivity (Wildman–Crippen MR) is 76.2 cm³/mol. The fourth-order valence-electron chi connectivity index (χ4n) is 3.40. The van der Waals surface area contributed by atoms with E-state index in [0.717, 1.165) is 45.1 Å². The Labute approximate surface area is 120 Å². The van der Waals surface area contributed by atoms with Gasteiger partial charge in [0.15, 0.2) is 0 Å². The first-order valence-electron chi connectivity index (χ1n) is 7.72. The molecule has 0 aromatic rings. The van der Waals surface area contributed by atoms with Gasteiger partial charge in [0, 0.05) is 18.0 Å². The highest BCUT2D eigenvalue weighted by molar-refractivity contribution is 5.79. The van der Waals surface area contributed by atoms with Crippen molar-refractivity contribution in [3.8, 4) is 0 Å². The highest BCUT2D eigenvalue weighted by atomic mass is 16.5. The molecule has 0 radical (unpaired) electrons. The topological polar surface area (TPSA) is 67.4 Å². The molecule has 1 aliphatic carbocycles. The Morgan fingerprint density at radius 3 is 2.65 bits per heavy atom. The molecule has 1 saturated carbocycles. The summed E-state index contributed by atoms with van der Waals surface area (Å²) >= 11 is 0. The minimum Gasteiger partial charge on any atom is -0.469 e. The van der Waals surface area contributed by atoms with Crippen molar-refractivity contribution in [1.29, 1.82) is 0 Å². The van der Waals surface area contributed by atoms with E-state index in [2.05, 4.69) is 17.6 Å². The largest absolute Gasteiger partial charge is 0.469 e. The zero-order chi connectivity index (χ0) is 14.6. The number of unbranched alkanes of at least 4 members (excludes halogenated alkanes) is 2. The summed E-state index contributed by atoms with van der Waals surface area (Å²) in [7, 11) is 1.42. The van der Waals surface area contributed by atoms with Gasteiger partial charge in [0.1, 0.15) is 0 Å². The first-order valence-corrected chi connectivity index (χ1v) is 7.72. The number of methoxy groups -OCH3 is 1. The van der Waals surface area contributed by atoms with Crippen LogP contribution in [0.3, 0.4) is 0 Å². The molecule has 2 aliphatic rings. The van der Waals surface area contributed by atoms with Crippen molar-refractivity contribution in [2.24, 2.45) is 5.92 Å². The van der Waals surface area contributed by atoms with Gasteiger partial charge in [-0.1, -0.05) is 19.8 Å². The van der Waals surface area contributed by atoms with Crippen LogP contribution in [0.4, 0.5) is 0 Å². The lowest BCUT2D eigenvalue weighted by molar-refractivity contribution is -0.146. The number of carbonyl (C=O) groups is 2. The van der Waals surface area contributed by atoms with Crippen molar-refractivity contribution in [2.45, 2.75) is 63.5 Å². The summed E-state index contributed by atoms with van der Waals surface area (Å²) in [5, 5.41) is 6.47. The molecule has 0 aromatic carbocycles. The number of hydrogen-bond donors (Lipinski definition) is 2. The molecule has 3 atom stereocenters. The van der Waals surface area contributed by atoms with E-state index >= 15 is 0 Å². The Balaban J connectivity index is 1.90. The van der Waals surface area contributed by atoms with Crippen LogP contribution in [0.2, 0.25) is 0 Å². The Hall–Kier alpha value is -1.10. The monoisotopic (exact) mass is 282 g/mol. The van der Waals surface area contributed by atoms with Crippen molar-refractivity contribution in [2.75, 3.05) is 13.7 Å². The minimum atomic E-state index is -0.206. The van der Waals surface area contributed by atoms with Gasteiger partial charge in [0.2, 0.25) is 5.91 Å². The van der Waals surface area contributed by atoms with E-state index in [0.29, 0.717) is 6.42 Å². The fraction of sp³-hybridized carbons (Fsp3) is 0.867. The van der Waals surface area contributed by atoms with Crippen molar-refractivity contribution in [3.05, 3.63) is 0 Å². The van der Waals surface area contributed by atoms with E-state index in [9.17, 15) is 9.59 Å². The lowest BCUT2D eigenvalue weighted by Gasteiger charge is -2.40. The summed E-state index contributed by atoms with van der Waals surface area (Å²) in [6.07, 6.45) is 6.35. The Kier molecular flexibility index (Phi) is 5.02. The molecule has 2 N–H and O–H groups in total. The maximum absolute atomic E-state index is 12.0. The number of esters is 1. The van der Waals surface area contributed by atoms with Gasteiger partial charge in [-0.15, -0.1) is 0 Å². The van der Waals surface area contributed by atoms with E-state index < -0.39 is 0 Å². The number of carbonyl (C=O) groups excluding carboxylic acids is 2. The molecule has 1 saturated heterocycles. The molecule has 2 fully saturated rings. The third kappa shape index (κ3) is 3.32. The van der Waals surface area contributed by atoms with Gasteiger partial charge in [-0.2, -0.15) is 0 Å². The van der Waals surface area contributed by atoms with E-state index in [4.69, 9.17) is 4.74 Å². The normalized spacial score (nSPS) is 31.9. The highest BCUT2D eigenvalue weighted by Crippen LogP contribution is 2.41. The summed E-state index contributed by atoms with van der Waals surface area (Å²) in [4.78, 5) is 23.9. The summed E-state index contributed by atoms with van der Waals surface area (Å²) in [5.74, 6) is -0.342. The number of rotatable bonds is 6. The standard InChI is InChI=1S/C15H26N2O3/c1-3-4-5-6-13(18)17-12-10-15(7-8-16-15)9-11(12)14(19)20-2/h11-12,16H,3-10H2,1-2H3,(H,17,18). The molecule has 2 rings (SSSR count). The van der Waals surface area contributed by atoms with E-state index in [1.165, 1.54) is 7.11 Å². The molecule has 0 bridgehead atoms. The molecule has 5 nitrogen and oxygen atoms in total. The number of nitrogens with one attached hydrogen (secondary N) is 2. The van der Waals surface area contributed by atoms with Crippen LogP contribution < -0.4 is 10.6 Å². The Morgan fingerprint density at radius 2 is 2.10 bits per heavy atom. The van der Waals surface area contributed by atoms with E-state index in [-0.39, 0.29) is 29.4 Å². The van der Waals surface area contributed by atoms with Crippen LogP contribution >= 0.6 is 0 Å². The maximum Gasteiger partial charge on any atom is 0.310 e. The fourth-order valence-corrected chi connectivity index (χ4v) is 3.40. The van der Waals surface area contributed by atoms with Gasteiger partial charge in [-0.05, 0) is 32.2 Å². The zero-order valence-corrected chi connectivity index (χ0v) is 12.5. The molecule has 1 heterocycles. The van der Waals surface area contributed by atoms with Gasteiger partial charge in [-0.25, -0.2) is 0 Å². The van der Waals surface area contributed by atoms with Crippen LogP contribution in [0.5, 0.6) is 0 Å². The molecule has 20 heavy (non-hydrogen) atoms. The van der Waals surface area contributed by atoms with Crippen LogP contribution in [-0.2, 0) is 14.3 Å². The molecule has 114 valence electrons. The number of hydrogen-bond acceptors (Lipinski definition) is 4. The molecule has 0 aromatic heterocycles. The van der Waals surface area contributed by atoms with Gasteiger partial charge in [0.25, 0.3) is 0 Å². The van der Waals surface area contributed by atoms with E-state index in [1.54, 1.807) is 0 Å². The summed E-state index contributed by atoms with van der Waals surface area (Å²) in [5.41, 5.74) is 0.0558. The average molecular weight is 282 g/mol. The van der Waals surface area contributed by atoms with Crippen LogP contribution in [0.25, 0.3) is 0 Å². The lowest BCUT2D eigenvalue weighted by Crippen LogP contribution is -2.55. The summed E-state index contributed by atoms with van der Waals surface area (Å²) < 4.78 is 4.89. The Bertz CT molecular complexity index is 366. The van der Waals surface area contributed by atoms with Gasteiger partial charge < -0.3 is 15.4 Å². The molecule has 1 spiro atoms. The minimum absolute atomic E-state index is 0.0558. The third-order valence-corrected chi connectivity index (χ3v) is 4.67. The zero-order valence-electron chi connectivity index (χ0n) is 12.5. The smallest absolute Gasteiger partial charge is 0.310 e. The summed E-state index contributed by atoms with van der Waals surface area (Å²) in [6.45, 7) is 3.12. The van der Waals surface area contributed by atoms with E-state index in [1.807, 2.05) is 0 Å². The molecular formula is C15H26N2O3. The van der Waals surface area contributed by atoms with Crippen LogP contribution in [0.15, 0.2) is 0 Å². The summed E-state index contributed by atoms with van der Waals surface area (Å²) in [6, 6.07) is -0.0793. The predicted octanol–water partition coefficient (Wildman–Crippen LogP) is 1.37. The van der Waals surface area contributed by atoms with Crippen LogP contribution in [0.1, 0.15) is 51.9 Å². The van der Waals surface area contributed by atoms with Crippen molar-refractivity contribution in [3.63, 3.8) is 0 Å². The molecule has 1 amide bonds. The molecular weight excluding hydrogens is 256 g/mol. The second-order valence-electron chi connectivity index (χ2n) is 6.13. The Morgan fingerprint density at radius 1 is 1.35 bits per heavy atom. The van der Waals surface area contributed by atoms with Gasteiger partial charge in [-0.3, -0.25) is 9.59 Å². The highest BCUT2D eigenvalue weighted by Gasteiger charge is 2.51. The maximum atomic E-state index is 12.0. The van der Waals surface area contributed by atoms with Gasteiger partial charge in [0.05, 0.1) is 13.0 Å². The average Bonchev–Trinajstić information content (AvgIpc) is 2.78.